The fraction of sp³-hybridized carbons (Fsp3) is 0.417. The molecule has 4 aromatic rings. The Balaban J connectivity index is 1.38. The van der Waals surface area contributed by atoms with Gasteiger partial charge in [0.2, 0.25) is 5.82 Å². The van der Waals surface area contributed by atoms with Gasteiger partial charge in [-0.05, 0) is 45.7 Å². The molecule has 200 valence electrons. The number of carbonyl (C=O) groups is 1. The number of ether oxygens (including phenoxy) is 1. The summed E-state index contributed by atoms with van der Waals surface area (Å²) in [4.78, 5) is 37.0. The van der Waals surface area contributed by atoms with E-state index in [1.54, 1.807) is 9.42 Å². The zero-order chi connectivity index (χ0) is 27.2. The number of hydrogen-bond donors (Lipinski definition) is 1. The maximum Gasteiger partial charge on any atom is 0.433 e. The third-order valence-electron chi connectivity index (χ3n) is 6.07. The lowest BCUT2D eigenvalue weighted by Gasteiger charge is -2.33. The summed E-state index contributed by atoms with van der Waals surface area (Å²) in [5, 5.41) is 8.25. The number of piperidine rings is 1. The van der Waals surface area contributed by atoms with Crippen LogP contribution in [0.2, 0.25) is 0 Å². The topological polar surface area (TPSA) is 132 Å². The number of hydrogen-bond acceptors (Lipinski definition) is 8. The molecule has 0 bridgehead atoms. The van der Waals surface area contributed by atoms with E-state index in [9.17, 15) is 22.8 Å². The third-order valence-corrected chi connectivity index (χ3v) is 6.07. The van der Waals surface area contributed by atoms with Crippen molar-refractivity contribution in [3.8, 4) is 22.8 Å². The van der Waals surface area contributed by atoms with E-state index in [4.69, 9.17) is 9.26 Å². The number of halogens is 3. The molecule has 0 aliphatic carbocycles. The normalized spacial score (nSPS) is 15.3. The summed E-state index contributed by atoms with van der Waals surface area (Å²) in [6.07, 6.45) is -1.24. The lowest BCUT2D eigenvalue weighted by molar-refractivity contribution is -0.141. The molecule has 5 heterocycles. The van der Waals surface area contributed by atoms with Crippen LogP contribution in [-0.2, 0) is 10.9 Å². The van der Waals surface area contributed by atoms with Crippen molar-refractivity contribution >= 4 is 11.7 Å². The van der Waals surface area contributed by atoms with Crippen LogP contribution in [0.25, 0.3) is 28.5 Å². The van der Waals surface area contributed by atoms with Gasteiger partial charge in [-0.3, -0.25) is 9.78 Å². The van der Waals surface area contributed by atoms with Crippen LogP contribution >= 0.6 is 0 Å². The highest BCUT2D eigenvalue weighted by molar-refractivity contribution is 5.72. The highest BCUT2D eigenvalue weighted by atomic mass is 19.4. The fourth-order valence-electron chi connectivity index (χ4n) is 4.29. The van der Waals surface area contributed by atoms with E-state index in [0.717, 1.165) is 12.3 Å². The molecule has 1 fully saturated rings. The van der Waals surface area contributed by atoms with E-state index in [0.29, 0.717) is 42.8 Å². The number of amides is 1. The quantitative estimate of drug-likeness (QED) is 0.415. The molecule has 1 aliphatic heterocycles. The number of likely N-dealkylation sites (tertiary alicyclic amines) is 1. The van der Waals surface area contributed by atoms with E-state index in [2.05, 4.69) is 25.2 Å². The van der Waals surface area contributed by atoms with Gasteiger partial charge in [0.15, 0.2) is 0 Å². The van der Waals surface area contributed by atoms with E-state index in [-0.39, 0.29) is 34.8 Å². The van der Waals surface area contributed by atoms with Crippen LogP contribution in [0.4, 0.5) is 18.0 Å². The second kappa shape index (κ2) is 9.26. The molecule has 1 amide bonds. The third kappa shape index (κ3) is 5.10. The summed E-state index contributed by atoms with van der Waals surface area (Å²) in [5.74, 6) is 0.0266. The Morgan fingerprint density at radius 2 is 1.89 bits per heavy atom. The molecule has 0 radical (unpaired) electrons. The highest BCUT2D eigenvalue weighted by Gasteiger charge is 2.32. The van der Waals surface area contributed by atoms with Crippen LogP contribution in [0.1, 0.15) is 50.9 Å². The largest absolute Gasteiger partial charge is 0.444 e. The fourth-order valence-corrected chi connectivity index (χ4v) is 4.29. The van der Waals surface area contributed by atoms with Crippen LogP contribution in [0, 0.1) is 0 Å². The Kier molecular flexibility index (Phi) is 6.19. The molecule has 0 spiro atoms. The number of aromatic nitrogens is 6. The van der Waals surface area contributed by atoms with Crippen molar-refractivity contribution < 1.29 is 27.2 Å². The van der Waals surface area contributed by atoms with Crippen molar-refractivity contribution in [1.82, 2.24) is 34.6 Å². The summed E-state index contributed by atoms with van der Waals surface area (Å²) in [6.45, 7) is 6.37. The van der Waals surface area contributed by atoms with Crippen molar-refractivity contribution in [2.45, 2.75) is 51.3 Å². The Hall–Kier alpha value is -4.23. The van der Waals surface area contributed by atoms with E-state index in [1.807, 2.05) is 20.8 Å². The molecule has 5 rings (SSSR count). The zero-order valence-electron chi connectivity index (χ0n) is 20.7. The first-order valence-electron chi connectivity index (χ1n) is 11.9. The molecule has 1 N–H and O–H groups in total. The minimum absolute atomic E-state index is 0.0300. The number of H-pyrrole nitrogens is 1. The van der Waals surface area contributed by atoms with Crippen molar-refractivity contribution in [1.29, 1.82) is 0 Å². The van der Waals surface area contributed by atoms with E-state index < -0.39 is 17.5 Å². The number of alkyl halides is 3. The van der Waals surface area contributed by atoms with Gasteiger partial charge < -0.3 is 19.1 Å². The molecular weight excluding hydrogens is 507 g/mol. The van der Waals surface area contributed by atoms with Crippen LogP contribution in [0.3, 0.4) is 0 Å². The van der Waals surface area contributed by atoms with Crippen LogP contribution in [-0.4, -0.2) is 59.4 Å². The summed E-state index contributed by atoms with van der Waals surface area (Å²) < 4.78 is 50.8. The first-order valence-corrected chi connectivity index (χ1v) is 11.9. The molecular formula is C24H24F3N7O4. The van der Waals surface area contributed by atoms with Crippen molar-refractivity contribution in [2.75, 3.05) is 13.1 Å². The van der Waals surface area contributed by atoms with Crippen molar-refractivity contribution in [3.05, 3.63) is 52.3 Å². The molecule has 11 nitrogen and oxygen atoms in total. The first kappa shape index (κ1) is 25.4. The van der Waals surface area contributed by atoms with E-state index in [1.165, 1.54) is 18.3 Å². The highest BCUT2D eigenvalue weighted by Crippen LogP contribution is 2.32. The maximum atomic E-state index is 12.8. The summed E-state index contributed by atoms with van der Waals surface area (Å²) in [5.41, 5.74) is -0.377. The van der Waals surface area contributed by atoms with E-state index >= 15 is 0 Å². The molecule has 1 saturated heterocycles. The average molecular weight is 531 g/mol. The predicted octanol–water partition coefficient (Wildman–Crippen LogP) is 4.27. The van der Waals surface area contributed by atoms with Gasteiger partial charge in [-0.15, -0.1) is 0 Å². The molecule has 0 unspecified atom stereocenters. The first-order chi connectivity index (χ1) is 17.9. The number of nitrogens with one attached hydrogen (secondary N) is 1. The van der Waals surface area contributed by atoms with Crippen LogP contribution < -0.4 is 5.56 Å². The molecule has 14 heteroatoms. The number of fused-ring (bicyclic) bond motifs is 1. The van der Waals surface area contributed by atoms with Crippen molar-refractivity contribution in [2.24, 2.45) is 0 Å². The van der Waals surface area contributed by atoms with Crippen LogP contribution in [0.5, 0.6) is 0 Å². The van der Waals surface area contributed by atoms with Gasteiger partial charge in [0.05, 0.1) is 11.9 Å². The summed E-state index contributed by atoms with van der Waals surface area (Å²) >= 11 is 0. The monoisotopic (exact) mass is 531 g/mol. The van der Waals surface area contributed by atoms with Gasteiger partial charge in [0.25, 0.3) is 11.4 Å². The zero-order valence-corrected chi connectivity index (χ0v) is 20.7. The van der Waals surface area contributed by atoms with Crippen LogP contribution in [0.15, 0.2) is 39.9 Å². The molecule has 4 aromatic heterocycles. The van der Waals surface area contributed by atoms with Gasteiger partial charge in [-0.1, -0.05) is 5.16 Å². The molecule has 0 saturated carbocycles. The number of rotatable bonds is 3. The molecule has 0 atom stereocenters. The molecule has 0 aromatic carbocycles. The Morgan fingerprint density at radius 3 is 2.53 bits per heavy atom. The van der Waals surface area contributed by atoms with Gasteiger partial charge in [-0.2, -0.15) is 23.3 Å². The number of pyridine rings is 1. The lowest BCUT2D eigenvalue weighted by Crippen LogP contribution is -2.41. The Bertz CT molecular complexity index is 1530. The number of aromatic amines is 1. The smallest absolute Gasteiger partial charge is 0.433 e. The van der Waals surface area contributed by atoms with Gasteiger partial charge in [0, 0.05) is 36.8 Å². The summed E-state index contributed by atoms with van der Waals surface area (Å²) in [7, 11) is 0. The Labute approximate surface area is 213 Å². The molecule has 1 aliphatic rings. The number of carbonyl (C=O) groups excluding carboxylic acids is 1. The van der Waals surface area contributed by atoms with Gasteiger partial charge >= 0.3 is 12.3 Å². The Morgan fingerprint density at radius 1 is 1.16 bits per heavy atom. The average Bonchev–Trinajstić information content (AvgIpc) is 3.49. The molecule has 38 heavy (non-hydrogen) atoms. The number of nitrogens with zero attached hydrogens (tertiary/aromatic N) is 6. The minimum atomic E-state index is -4.56. The second-order valence-corrected chi connectivity index (χ2v) is 9.97. The minimum Gasteiger partial charge on any atom is -0.444 e. The van der Waals surface area contributed by atoms with Gasteiger partial charge in [-0.25, -0.2) is 9.31 Å². The maximum absolute atomic E-state index is 12.8. The second-order valence-electron chi connectivity index (χ2n) is 9.97. The lowest BCUT2D eigenvalue weighted by atomic mass is 9.93. The van der Waals surface area contributed by atoms with Crippen molar-refractivity contribution in [3.63, 3.8) is 0 Å². The standard InChI is InChI=1S/C24H24F3N7O4/c1-23(2,3)37-22(36)33-8-6-13(7-9-33)16-10-18(35)30-20-15(12-29-34(16)20)21-31-19(32-38-21)14-4-5-17(28-11-14)24(25,26)27/h4-5,10-13H,6-9H2,1-3H3,(H,30,35). The predicted molar refractivity (Wildman–Crippen MR) is 127 cm³/mol. The van der Waals surface area contributed by atoms with Gasteiger partial charge in [0.1, 0.15) is 22.5 Å². The summed E-state index contributed by atoms with van der Waals surface area (Å²) in [6, 6.07) is 3.51. The SMILES string of the molecule is CC(C)(C)OC(=O)N1CCC(c2cc(=O)[nH]c3c(-c4nc(-c5ccc(C(F)(F)F)nc5)no4)cnn23)CC1.